The number of anilines is 1. The van der Waals surface area contributed by atoms with Gasteiger partial charge in [-0.25, -0.2) is 15.0 Å². The van der Waals surface area contributed by atoms with Crippen LogP contribution in [-0.2, 0) is 16.0 Å². The second-order valence-corrected chi connectivity index (χ2v) is 8.81. The van der Waals surface area contributed by atoms with Gasteiger partial charge in [-0.1, -0.05) is 39.0 Å². The second kappa shape index (κ2) is 21.0. The van der Waals surface area contributed by atoms with Gasteiger partial charge in [0.2, 0.25) is 0 Å². The Morgan fingerprint density at radius 3 is 2.23 bits per heavy atom. The maximum atomic E-state index is 10.4. The number of nitrogens with one attached hydrogen (secondary N) is 1. The van der Waals surface area contributed by atoms with E-state index in [-0.39, 0.29) is 6.42 Å². The lowest BCUT2D eigenvalue weighted by Crippen LogP contribution is -2.31. The summed E-state index contributed by atoms with van der Waals surface area (Å²) >= 11 is 0. The zero-order chi connectivity index (χ0) is 30.5. The topological polar surface area (TPSA) is 102 Å². The van der Waals surface area contributed by atoms with Gasteiger partial charge in [0, 0.05) is 58.2 Å². The average Bonchev–Trinajstić information content (AvgIpc) is 3.37. The quantitative estimate of drug-likeness (QED) is 0.206. The summed E-state index contributed by atoms with van der Waals surface area (Å²) < 4.78 is 5.02. The summed E-state index contributed by atoms with van der Waals surface area (Å²) in [5, 5.41) is 11.9. The predicted molar refractivity (Wildman–Crippen MR) is 169 cm³/mol. The number of rotatable bonds is 12. The molecule has 0 bridgehead atoms. The number of nitrogens with zero attached hydrogens (tertiary/aromatic N) is 5. The molecular weight excluding hydrogens is 504 g/mol. The number of methoxy groups -OCH3 is 1. The van der Waals surface area contributed by atoms with E-state index in [0.717, 1.165) is 66.5 Å². The highest BCUT2D eigenvalue weighted by molar-refractivity contribution is 6.18. The van der Waals surface area contributed by atoms with Crippen LogP contribution >= 0.6 is 0 Å². The summed E-state index contributed by atoms with van der Waals surface area (Å²) in [5.41, 5.74) is 3.89. The van der Waals surface area contributed by atoms with Crippen LogP contribution in [0.2, 0.25) is 0 Å². The van der Waals surface area contributed by atoms with Crippen LogP contribution in [0.15, 0.2) is 62.8 Å². The van der Waals surface area contributed by atoms with Gasteiger partial charge in [0.05, 0.1) is 12.1 Å². The first-order valence-electron chi connectivity index (χ1n) is 13.6. The molecule has 220 valence electrons. The molecular formula is C31H48N6O3. The number of amidine groups is 3. The van der Waals surface area contributed by atoms with Crippen molar-refractivity contribution < 1.29 is 14.6 Å². The minimum atomic E-state index is -0.794. The number of carboxylic acids is 1. The number of terminal acetylenes is 1. The third kappa shape index (κ3) is 12.8. The molecule has 1 heterocycles. The molecule has 0 unspecified atom stereocenters. The van der Waals surface area contributed by atoms with E-state index in [4.69, 9.17) is 14.8 Å². The van der Waals surface area contributed by atoms with Crippen molar-refractivity contribution in [3.05, 3.63) is 53.4 Å². The van der Waals surface area contributed by atoms with E-state index in [1.54, 1.807) is 7.11 Å². The molecule has 1 aliphatic rings. The van der Waals surface area contributed by atoms with Crippen LogP contribution in [0.5, 0.6) is 0 Å². The van der Waals surface area contributed by atoms with E-state index in [9.17, 15) is 4.79 Å². The number of benzene rings is 1. The van der Waals surface area contributed by atoms with E-state index in [1.807, 2.05) is 62.5 Å². The molecule has 9 heteroatoms. The fraction of sp³-hybridized carbons (Fsp3) is 0.484. The van der Waals surface area contributed by atoms with Crippen LogP contribution < -0.4 is 10.2 Å². The molecule has 0 aromatic heterocycles. The van der Waals surface area contributed by atoms with Gasteiger partial charge in [0.1, 0.15) is 18.4 Å². The van der Waals surface area contributed by atoms with Gasteiger partial charge in [-0.2, -0.15) is 0 Å². The molecule has 40 heavy (non-hydrogen) atoms. The van der Waals surface area contributed by atoms with E-state index >= 15 is 0 Å². The normalized spacial score (nSPS) is 14.9. The number of carboxylic acid groups (broad SMARTS) is 1. The molecule has 1 aromatic rings. The third-order valence-electron chi connectivity index (χ3n) is 5.76. The van der Waals surface area contributed by atoms with Gasteiger partial charge >= 0.3 is 5.97 Å². The van der Waals surface area contributed by atoms with Crippen LogP contribution in [0.3, 0.4) is 0 Å². The van der Waals surface area contributed by atoms with Gasteiger partial charge in [0.15, 0.2) is 5.84 Å². The molecule has 0 saturated carbocycles. The number of aliphatic carboxylic acids is 1. The molecule has 0 amide bonds. The molecule has 9 nitrogen and oxygen atoms in total. The van der Waals surface area contributed by atoms with Crippen LogP contribution in [0, 0.1) is 12.8 Å². The predicted octanol–water partition coefficient (Wildman–Crippen LogP) is 5.36. The fourth-order valence-corrected chi connectivity index (χ4v) is 3.67. The van der Waals surface area contributed by atoms with Crippen LogP contribution in [0.1, 0.15) is 59.4 Å². The monoisotopic (exact) mass is 552 g/mol. The molecule has 0 fully saturated rings. The highest BCUT2D eigenvalue weighted by atomic mass is 16.5. The van der Waals surface area contributed by atoms with E-state index in [1.165, 1.54) is 0 Å². The number of carbonyl (C=O) groups is 1. The first-order chi connectivity index (χ1) is 19.2. The van der Waals surface area contributed by atoms with Crippen LogP contribution in [-0.4, -0.2) is 74.5 Å². The molecule has 2 rings (SSSR count). The Balaban J connectivity index is 0.000000848. The maximum absolute atomic E-state index is 10.4. The van der Waals surface area contributed by atoms with Crippen LogP contribution in [0.4, 0.5) is 5.69 Å². The largest absolute Gasteiger partial charge is 0.481 e. The summed E-state index contributed by atoms with van der Waals surface area (Å²) in [7, 11) is 5.53. The van der Waals surface area contributed by atoms with Crippen molar-refractivity contribution in [2.24, 2.45) is 15.0 Å². The minimum Gasteiger partial charge on any atom is -0.481 e. The smallest absolute Gasteiger partial charge is 0.307 e. The minimum absolute atomic E-state index is 0.0910. The molecule has 0 radical (unpaired) electrons. The Labute approximate surface area is 241 Å². The van der Waals surface area contributed by atoms with Crippen molar-refractivity contribution >= 4 is 29.2 Å². The first kappa shape index (κ1) is 36.1. The van der Waals surface area contributed by atoms with Crippen molar-refractivity contribution in [3.63, 3.8) is 0 Å². The van der Waals surface area contributed by atoms with Gasteiger partial charge in [-0.3, -0.25) is 4.79 Å². The Hall–Kier alpha value is -3.90. The summed E-state index contributed by atoms with van der Waals surface area (Å²) in [5.74, 6) is 1.83. The number of hydrogen-bond acceptors (Lipinski definition) is 6. The molecule has 1 aromatic carbocycles. The summed E-state index contributed by atoms with van der Waals surface area (Å²) in [6, 6.07) is 7.50. The Morgan fingerprint density at radius 2 is 1.77 bits per heavy atom. The first-order valence-corrected chi connectivity index (χ1v) is 13.6. The van der Waals surface area contributed by atoms with Crippen molar-refractivity contribution in [1.82, 2.24) is 10.2 Å². The number of ether oxygens (including phenoxy) is 1. The zero-order valence-corrected chi connectivity index (χ0v) is 25.6. The molecule has 0 atom stereocenters. The van der Waals surface area contributed by atoms with Gasteiger partial charge in [0.25, 0.3) is 0 Å². The number of aliphatic imine (C=N–C) groups is 3. The average molecular weight is 553 g/mol. The highest BCUT2D eigenvalue weighted by Crippen LogP contribution is 2.14. The van der Waals surface area contributed by atoms with E-state index in [0.29, 0.717) is 12.6 Å². The molecule has 0 aliphatic carbocycles. The number of allylic oxidation sites excluding steroid dienone is 1. The highest BCUT2D eigenvalue weighted by Gasteiger charge is 2.19. The molecule has 1 aliphatic heterocycles. The van der Waals surface area contributed by atoms with E-state index in [2.05, 4.69) is 60.7 Å². The van der Waals surface area contributed by atoms with E-state index < -0.39 is 5.97 Å². The van der Waals surface area contributed by atoms with Crippen molar-refractivity contribution in [2.45, 2.75) is 60.3 Å². The summed E-state index contributed by atoms with van der Waals surface area (Å²) in [4.78, 5) is 28.4. The van der Waals surface area contributed by atoms with Gasteiger partial charge in [-0.05, 0) is 44.4 Å². The lowest BCUT2D eigenvalue weighted by Gasteiger charge is -2.23. The maximum Gasteiger partial charge on any atom is 0.307 e. The number of hydrogen-bond donors (Lipinski definition) is 2. The SMILES string of the molecule is C#C.C/C=C1/NC(C(=C/N=C(CC)N(CC)CCC)/CC)=N/C1=N/COC.CN(C)c1ccc(CC(=O)O)cc1. The summed E-state index contributed by atoms with van der Waals surface area (Å²) in [6.45, 7) is 12.9. The van der Waals surface area contributed by atoms with Crippen molar-refractivity contribution in [2.75, 3.05) is 45.9 Å². The lowest BCUT2D eigenvalue weighted by molar-refractivity contribution is -0.136. The standard InChI is InChI=1S/C19H33N5O.C10H13NO2.C2H2/c1-7-12-24(11-5)17(10-4)20-13-15(8-2)18-22-16(9-3)19(23-18)21-14-25-6;1-11(2)9-5-3-8(4-6-9)7-10(12)13;1-2/h9,13H,7-8,10-12,14H2,1-6H3,(H,21,22,23);3-6H,7H2,1-2H3,(H,12,13);1-2H/b15-13+,16-9+,20-17?;;. The molecule has 0 spiro atoms. The Bertz CT molecular complexity index is 1070. The third-order valence-corrected chi connectivity index (χ3v) is 5.76. The Morgan fingerprint density at radius 1 is 1.12 bits per heavy atom. The van der Waals surface area contributed by atoms with Crippen LogP contribution in [0.25, 0.3) is 0 Å². The lowest BCUT2D eigenvalue weighted by atomic mass is 10.1. The van der Waals surface area contributed by atoms with Gasteiger partial charge in [-0.15, -0.1) is 12.8 Å². The van der Waals surface area contributed by atoms with Gasteiger partial charge < -0.3 is 25.0 Å². The van der Waals surface area contributed by atoms with Crippen molar-refractivity contribution in [1.29, 1.82) is 0 Å². The Kier molecular flexibility index (Phi) is 18.9. The zero-order valence-electron chi connectivity index (χ0n) is 25.6. The molecule has 0 saturated heterocycles. The second-order valence-electron chi connectivity index (χ2n) is 8.81. The molecule has 2 N–H and O–H groups in total. The van der Waals surface area contributed by atoms with Crippen molar-refractivity contribution in [3.8, 4) is 12.8 Å². The fourth-order valence-electron chi connectivity index (χ4n) is 3.67. The summed E-state index contributed by atoms with van der Waals surface area (Å²) in [6.07, 6.45) is 14.9.